The molecule has 1 rings (SSSR count). The van der Waals surface area contributed by atoms with E-state index in [1.54, 1.807) is 4.90 Å². The molecule has 0 aromatic rings. The van der Waals surface area contributed by atoms with E-state index in [2.05, 4.69) is 5.32 Å². The van der Waals surface area contributed by atoms with Crippen molar-refractivity contribution in [1.29, 1.82) is 0 Å². The summed E-state index contributed by atoms with van der Waals surface area (Å²) < 4.78 is 5.42. The molecule has 5 nitrogen and oxygen atoms in total. The third-order valence-electron chi connectivity index (χ3n) is 2.98. The van der Waals surface area contributed by atoms with Crippen LogP contribution in [0.2, 0.25) is 0 Å². The van der Waals surface area contributed by atoms with Gasteiger partial charge in [-0.25, -0.2) is 4.79 Å². The molecule has 1 aliphatic heterocycles. The van der Waals surface area contributed by atoms with Crippen LogP contribution in [0.1, 0.15) is 39.5 Å². The van der Waals surface area contributed by atoms with Gasteiger partial charge in [-0.2, -0.15) is 0 Å². The molecule has 0 unspecified atom stereocenters. The third-order valence-corrected chi connectivity index (χ3v) is 2.98. The zero-order chi connectivity index (χ0) is 13.4. The number of carbonyl (C=O) groups excluding carboxylic acids is 1. The van der Waals surface area contributed by atoms with Gasteiger partial charge in [0.15, 0.2) is 0 Å². The fourth-order valence-electron chi connectivity index (χ4n) is 1.99. The summed E-state index contributed by atoms with van der Waals surface area (Å²) in [6.07, 6.45) is 3.49. The lowest BCUT2D eigenvalue weighted by molar-refractivity contribution is 0.0753. The molecule has 0 aliphatic carbocycles. The lowest BCUT2D eigenvalue weighted by atomic mass is 10.1. The molecule has 0 spiro atoms. The minimum absolute atomic E-state index is 0.0569. The predicted molar refractivity (Wildman–Crippen MR) is 70.5 cm³/mol. The van der Waals surface area contributed by atoms with Gasteiger partial charge in [-0.1, -0.05) is 0 Å². The van der Waals surface area contributed by atoms with Crippen molar-refractivity contribution in [1.82, 2.24) is 10.2 Å². The highest BCUT2D eigenvalue weighted by Crippen LogP contribution is 2.09. The van der Waals surface area contributed by atoms with Crippen molar-refractivity contribution in [2.75, 3.05) is 26.2 Å². The molecular weight excluding hydrogens is 232 g/mol. The Balaban J connectivity index is 2.02. The molecule has 0 saturated carbocycles. The van der Waals surface area contributed by atoms with Gasteiger partial charge in [-0.15, -0.1) is 0 Å². The van der Waals surface area contributed by atoms with Crippen molar-refractivity contribution in [3.8, 4) is 0 Å². The number of ether oxygens (including phenoxy) is 1. The van der Waals surface area contributed by atoms with Crippen LogP contribution in [0.15, 0.2) is 0 Å². The zero-order valence-corrected chi connectivity index (χ0v) is 11.5. The van der Waals surface area contributed by atoms with Gasteiger partial charge in [-0.05, 0) is 39.5 Å². The number of likely N-dealkylation sites (tertiary alicyclic amines) is 1. The maximum Gasteiger partial charge on any atom is 0.317 e. The maximum absolute atomic E-state index is 11.8. The smallest absolute Gasteiger partial charge is 0.317 e. The number of unbranched alkanes of at least 4 members (excludes halogenated alkanes) is 1. The molecule has 2 N–H and O–H groups in total. The largest absolute Gasteiger partial charge is 0.391 e. The van der Waals surface area contributed by atoms with Crippen molar-refractivity contribution in [3.63, 3.8) is 0 Å². The Kier molecular flexibility index (Phi) is 7.05. The SMILES string of the molecule is CC(C)OCCCCNC(=O)N1CCC[C@H](O)C1. The van der Waals surface area contributed by atoms with Crippen LogP contribution in [-0.2, 0) is 4.74 Å². The topological polar surface area (TPSA) is 61.8 Å². The van der Waals surface area contributed by atoms with E-state index in [0.717, 1.165) is 38.8 Å². The van der Waals surface area contributed by atoms with E-state index >= 15 is 0 Å². The van der Waals surface area contributed by atoms with Crippen LogP contribution in [0.5, 0.6) is 0 Å². The average molecular weight is 258 g/mol. The average Bonchev–Trinajstić information content (AvgIpc) is 2.33. The number of carbonyl (C=O) groups is 1. The first kappa shape index (κ1) is 15.2. The number of aliphatic hydroxyl groups is 1. The summed E-state index contributed by atoms with van der Waals surface area (Å²) in [4.78, 5) is 13.5. The number of rotatable bonds is 6. The van der Waals surface area contributed by atoms with Crippen molar-refractivity contribution in [3.05, 3.63) is 0 Å². The lowest BCUT2D eigenvalue weighted by Crippen LogP contribution is -2.47. The number of nitrogens with zero attached hydrogens (tertiary/aromatic N) is 1. The fourth-order valence-corrected chi connectivity index (χ4v) is 1.99. The fraction of sp³-hybridized carbons (Fsp3) is 0.923. The molecule has 1 saturated heterocycles. The number of nitrogens with one attached hydrogen (secondary N) is 1. The minimum atomic E-state index is -0.357. The highest BCUT2D eigenvalue weighted by atomic mass is 16.5. The second-order valence-corrected chi connectivity index (χ2v) is 5.10. The van der Waals surface area contributed by atoms with Gasteiger partial charge in [0.1, 0.15) is 0 Å². The van der Waals surface area contributed by atoms with Crippen molar-refractivity contribution >= 4 is 6.03 Å². The monoisotopic (exact) mass is 258 g/mol. The highest BCUT2D eigenvalue weighted by Gasteiger charge is 2.21. The van der Waals surface area contributed by atoms with Gasteiger partial charge < -0.3 is 20.1 Å². The normalized spacial score (nSPS) is 20.2. The third kappa shape index (κ3) is 6.21. The molecule has 1 atom stereocenters. The molecule has 0 bridgehead atoms. The molecule has 1 fully saturated rings. The Morgan fingerprint density at radius 1 is 1.50 bits per heavy atom. The number of aliphatic hydroxyl groups excluding tert-OH is 1. The summed E-state index contributed by atoms with van der Waals surface area (Å²) in [6.45, 7) is 6.66. The summed E-state index contributed by atoms with van der Waals surface area (Å²) >= 11 is 0. The van der Waals surface area contributed by atoms with Crippen molar-refractivity contribution in [2.45, 2.75) is 51.7 Å². The summed E-state index contributed by atoms with van der Waals surface area (Å²) in [5.41, 5.74) is 0. The van der Waals surface area contributed by atoms with Gasteiger partial charge in [0, 0.05) is 26.2 Å². The quantitative estimate of drug-likeness (QED) is 0.707. The first-order valence-electron chi connectivity index (χ1n) is 6.92. The Morgan fingerprint density at radius 3 is 2.94 bits per heavy atom. The summed E-state index contributed by atoms with van der Waals surface area (Å²) in [5.74, 6) is 0. The Labute approximate surface area is 109 Å². The molecule has 5 heteroatoms. The number of piperidine rings is 1. The van der Waals surface area contributed by atoms with Crippen LogP contribution >= 0.6 is 0 Å². The number of hydrogen-bond acceptors (Lipinski definition) is 3. The molecule has 0 aromatic carbocycles. The van der Waals surface area contributed by atoms with Crippen LogP contribution in [0.4, 0.5) is 4.79 Å². The van der Waals surface area contributed by atoms with E-state index in [-0.39, 0.29) is 18.2 Å². The first-order chi connectivity index (χ1) is 8.59. The van der Waals surface area contributed by atoms with Gasteiger partial charge in [-0.3, -0.25) is 0 Å². The van der Waals surface area contributed by atoms with E-state index in [9.17, 15) is 9.90 Å². The maximum atomic E-state index is 11.8. The lowest BCUT2D eigenvalue weighted by Gasteiger charge is -2.30. The van der Waals surface area contributed by atoms with Gasteiger partial charge in [0.25, 0.3) is 0 Å². The second kappa shape index (κ2) is 8.32. The number of hydrogen-bond donors (Lipinski definition) is 2. The van der Waals surface area contributed by atoms with E-state index in [1.165, 1.54) is 0 Å². The van der Waals surface area contributed by atoms with E-state index in [0.29, 0.717) is 13.1 Å². The van der Waals surface area contributed by atoms with E-state index in [4.69, 9.17) is 4.74 Å². The summed E-state index contributed by atoms with van der Waals surface area (Å²) in [6, 6.07) is -0.0569. The zero-order valence-electron chi connectivity index (χ0n) is 11.5. The molecule has 2 amide bonds. The highest BCUT2D eigenvalue weighted by molar-refractivity contribution is 5.74. The molecule has 106 valence electrons. The first-order valence-corrected chi connectivity index (χ1v) is 6.92. The van der Waals surface area contributed by atoms with Crippen LogP contribution in [0.25, 0.3) is 0 Å². The summed E-state index contributed by atoms with van der Waals surface area (Å²) in [7, 11) is 0. The standard InChI is InChI=1S/C13H26N2O3/c1-11(2)18-9-4-3-7-14-13(17)15-8-5-6-12(16)10-15/h11-12,16H,3-10H2,1-2H3,(H,14,17)/t12-/m0/s1. The molecule has 18 heavy (non-hydrogen) atoms. The Morgan fingerprint density at radius 2 is 2.28 bits per heavy atom. The van der Waals surface area contributed by atoms with E-state index in [1.807, 2.05) is 13.8 Å². The predicted octanol–water partition coefficient (Wildman–Crippen LogP) is 1.36. The molecule has 1 aliphatic rings. The molecule has 0 radical (unpaired) electrons. The van der Waals surface area contributed by atoms with Crippen molar-refractivity contribution in [2.24, 2.45) is 0 Å². The molecule has 0 aromatic heterocycles. The van der Waals surface area contributed by atoms with Gasteiger partial charge >= 0.3 is 6.03 Å². The van der Waals surface area contributed by atoms with Gasteiger partial charge in [0.05, 0.1) is 12.2 Å². The van der Waals surface area contributed by atoms with E-state index < -0.39 is 0 Å². The number of urea groups is 1. The van der Waals surface area contributed by atoms with Gasteiger partial charge in [0.2, 0.25) is 0 Å². The van der Waals surface area contributed by atoms with Crippen molar-refractivity contribution < 1.29 is 14.6 Å². The molecular formula is C13H26N2O3. The number of β-amino-alcohol motifs (C(OH)–C–C–N with tert-alkyl or cyclic N) is 1. The van der Waals surface area contributed by atoms with Crippen LogP contribution < -0.4 is 5.32 Å². The van der Waals surface area contributed by atoms with Crippen LogP contribution in [0, 0.1) is 0 Å². The minimum Gasteiger partial charge on any atom is -0.391 e. The number of amides is 2. The second-order valence-electron chi connectivity index (χ2n) is 5.10. The molecule has 1 heterocycles. The van der Waals surface area contributed by atoms with Crippen LogP contribution in [0.3, 0.4) is 0 Å². The summed E-state index contributed by atoms with van der Waals surface area (Å²) in [5, 5.41) is 12.4. The Bertz CT molecular complexity index is 246. The Hall–Kier alpha value is -0.810. The van der Waals surface area contributed by atoms with Crippen LogP contribution in [-0.4, -0.2) is 54.5 Å².